The number of nitrogens with one attached hydrogen (secondary N) is 3. The first-order chi connectivity index (χ1) is 35.2. The maximum atomic E-state index is 15.2. The number of nitrogens with zero attached hydrogens (tertiary/aromatic N) is 4. The van der Waals surface area contributed by atoms with Gasteiger partial charge < -0.3 is 34.0 Å². The zero-order valence-corrected chi connectivity index (χ0v) is 48.9. The Morgan fingerprint density at radius 2 is 1.65 bits per heavy atom. The van der Waals surface area contributed by atoms with E-state index in [1.54, 1.807) is 27.8 Å². The number of pyridine rings is 1. The zero-order valence-electron chi connectivity index (χ0n) is 47.9. The van der Waals surface area contributed by atoms with E-state index in [0.717, 1.165) is 57.4 Å². The first-order valence-corrected chi connectivity index (χ1v) is 29.5. The number of esters is 1. The maximum Gasteiger partial charge on any atom is 0.407 e. The number of ether oxygens (including phenoxy) is 2. The SMILES string of the molecule is CCc1ccncc1-c1c2c3cc(ccc3n1CC)-c1cc(cc(O[Si](C(C)C)(C(C)C)C(C)C)c1)C[C@H](NC(=O)[C@H](C(C)C)N(C)C(=O)CCNC(=O)OC(C)(C)C)C(=O)N1CCC[C@H](N1)C(=O)OCC(C)(C)C2. The predicted molar refractivity (Wildman–Crippen MR) is 300 cm³/mol. The van der Waals surface area contributed by atoms with Crippen LogP contribution in [-0.2, 0) is 54.5 Å². The van der Waals surface area contributed by atoms with Gasteiger partial charge in [-0.1, -0.05) is 88.3 Å². The molecule has 4 amide bonds. The molecule has 4 aromatic rings. The first kappa shape index (κ1) is 58.5. The van der Waals surface area contributed by atoms with Crippen molar-refractivity contribution in [3.05, 3.63) is 71.5 Å². The molecule has 410 valence electrons. The number of hydrazine groups is 1. The van der Waals surface area contributed by atoms with Crippen molar-refractivity contribution in [2.75, 3.05) is 26.7 Å². The first-order valence-electron chi connectivity index (χ1n) is 27.4. The van der Waals surface area contributed by atoms with Crippen LogP contribution < -0.4 is 20.5 Å². The van der Waals surface area contributed by atoms with Crippen LogP contribution in [0.5, 0.6) is 5.75 Å². The molecule has 0 spiro atoms. The summed E-state index contributed by atoms with van der Waals surface area (Å²) in [4.78, 5) is 76.3. The van der Waals surface area contributed by atoms with Crippen molar-refractivity contribution in [1.29, 1.82) is 0 Å². The highest BCUT2D eigenvalue weighted by atomic mass is 28.4. The van der Waals surface area contributed by atoms with E-state index in [9.17, 15) is 19.2 Å². The number of alkyl carbamates (subject to hydrolysis) is 1. The van der Waals surface area contributed by atoms with Gasteiger partial charge in [0.15, 0.2) is 0 Å². The van der Waals surface area contributed by atoms with Crippen molar-refractivity contribution in [3.8, 4) is 28.1 Å². The minimum atomic E-state index is -2.53. The minimum Gasteiger partial charge on any atom is -0.543 e. The summed E-state index contributed by atoms with van der Waals surface area (Å²) < 4.78 is 21.4. The lowest BCUT2D eigenvalue weighted by atomic mass is 9.84. The lowest BCUT2D eigenvalue weighted by molar-refractivity contribution is -0.155. The van der Waals surface area contributed by atoms with Gasteiger partial charge in [0.1, 0.15) is 29.5 Å². The molecule has 2 aliphatic rings. The Kier molecular flexibility index (Phi) is 18.8. The molecule has 2 aromatic heterocycles. The second-order valence-corrected chi connectivity index (χ2v) is 29.3. The van der Waals surface area contributed by atoms with Crippen LogP contribution in [0.3, 0.4) is 0 Å². The molecule has 6 rings (SSSR count). The highest BCUT2D eigenvalue weighted by Gasteiger charge is 2.47. The molecule has 0 saturated carbocycles. The smallest absolute Gasteiger partial charge is 0.407 e. The van der Waals surface area contributed by atoms with Crippen molar-refractivity contribution >= 4 is 49.0 Å². The summed E-state index contributed by atoms with van der Waals surface area (Å²) in [5.74, 6) is -1.41. The largest absolute Gasteiger partial charge is 0.543 e. The molecule has 3 atom stereocenters. The number of hydrogen-bond acceptors (Lipinski definition) is 10. The molecule has 0 aliphatic carbocycles. The molecule has 16 heteroatoms. The average Bonchev–Trinajstić information content (AvgIpc) is 3.64. The zero-order chi connectivity index (χ0) is 55.3. The van der Waals surface area contributed by atoms with E-state index in [0.29, 0.717) is 31.6 Å². The van der Waals surface area contributed by atoms with Crippen molar-refractivity contribution in [2.24, 2.45) is 11.3 Å². The Hall–Kier alpha value is -5.74. The minimum absolute atomic E-state index is 0.00676. The molecule has 3 N–H and O–H groups in total. The van der Waals surface area contributed by atoms with Crippen molar-refractivity contribution in [1.82, 2.24) is 35.5 Å². The van der Waals surface area contributed by atoms with Crippen LogP contribution in [0.2, 0.25) is 16.6 Å². The number of carbonyl (C=O) groups excluding carboxylic acids is 5. The molecule has 1 fully saturated rings. The van der Waals surface area contributed by atoms with Crippen LogP contribution in [0.25, 0.3) is 33.3 Å². The van der Waals surface area contributed by atoms with Gasteiger partial charge in [-0.05, 0) is 134 Å². The number of likely N-dealkylation sites (N-methyl/N-ethyl adjacent to an activating group) is 1. The number of carbonyl (C=O) groups is 5. The van der Waals surface area contributed by atoms with Gasteiger partial charge >= 0.3 is 12.1 Å². The lowest BCUT2D eigenvalue weighted by Gasteiger charge is -2.42. The quantitative estimate of drug-likeness (QED) is 0.0768. The standard InChI is InChI=1S/C59H87N7O8Si/c1-17-41-23-25-60-34-47(41)53-46-33-59(14,15)35-72-56(70)48-20-19-27-66(63-48)55(69)49(62-54(68)52(36(3)4)64(16)51(67)24-26-61-57(71)73-58(11,12)13)30-40-28-43(42-21-22-50(45(46)32-42)65(53)18-2)31-44(29-40)74-75(37(5)6,38(7)8)39(9)10/h21-23,25,28-29,31-32,34,36-39,48-49,52,63H,17-20,24,26-27,30,33,35H2,1-16H3,(H,61,71)(H,62,68)/t48-,49-,52-/m0/s1. The molecular weight excluding hydrogens is 963 g/mol. The Labute approximate surface area is 447 Å². The normalized spacial score (nSPS) is 18.0. The van der Waals surface area contributed by atoms with Crippen molar-refractivity contribution < 1.29 is 37.9 Å². The average molecular weight is 1050 g/mol. The molecule has 15 nitrogen and oxygen atoms in total. The fraction of sp³-hybridized carbons (Fsp3) is 0.593. The van der Waals surface area contributed by atoms with E-state index in [2.05, 4.69) is 131 Å². The number of cyclic esters (lactones) is 1. The Balaban J connectivity index is 1.53. The molecule has 4 heterocycles. The number of rotatable bonds is 15. The van der Waals surface area contributed by atoms with Crippen molar-refractivity contribution in [2.45, 2.75) is 189 Å². The molecule has 0 unspecified atom stereocenters. The summed E-state index contributed by atoms with van der Waals surface area (Å²) in [6.45, 7) is 32.3. The fourth-order valence-corrected chi connectivity index (χ4v) is 16.9. The van der Waals surface area contributed by atoms with E-state index < -0.39 is 61.3 Å². The van der Waals surface area contributed by atoms with Gasteiger partial charge in [-0.2, -0.15) is 0 Å². The number of hydrogen-bond donors (Lipinski definition) is 3. The molecule has 6 bridgehead atoms. The van der Waals surface area contributed by atoms with Gasteiger partial charge in [-0.3, -0.25) is 29.2 Å². The Morgan fingerprint density at radius 1 is 0.960 bits per heavy atom. The molecule has 2 aliphatic heterocycles. The summed E-state index contributed by atoms with van der Waals surface area (Å²) in [6.07, 6.45) is 5.59. The number of aromatic nitrogens is 2. The van der Waals surface area contributed by atoms with E-state index >= 15 is 4.79 Å². The summed E-state index contributed by atoms with van der Waals surface area (Å²) in [6, 6.07) is 12.1. The van der Waals surface area contributed by atoms with Gasteiger partial charge in [-0.25, -0.2) is 10.2 Å². The predicted octanol–water partition coefficient (Wildman–Crippen LogP) is 10.6. The highest BCUT2D eigenvalue weighted by molar-refractivity contribution is 6.78. The third-order valence-electron chi connectivity index (χ3n) is 15.1. The number of fused-ring (bicyclic) bond motifs is 6. The summed E-state index contributed by atoms with van der Waals surface area (Å²) in [5.41, 5.74) is 11.1. The number of aryl methyl sites for hydroxylation is 2. The van der Waals surface area contributed by atoms with Crippen molar-refractivity contribution in [3.63, 3.8) is 0 Å². The highest BCUT2D eigenvalue weighted by Crippen LogP contribution is 2.45. The van der Waals surface area contributed by atoms with Gasteiger partial charge in [0.05, 0.1) is 12.3 Å². The molecule has 75 heavy (non-hydrogen) atoms. The van der Waals surface area contributed by atoms with E-state index in [-0.39, 0.29) is 54.4 Å². The molecule has 0 radical (unpaired) electrons. The van der Waals surface area contributed by atoms with Gasteiger partial charge in [0, 0.05) is 73.8 Å². The third-order valence-corrected chi connectivity index (χ3v) is 21.1. The topological polar surface area (TPSA) is 173 Å². The van der Waals surface area contributed by atoms with Crippen LogP contribution in [0, 0.1) is 11.3 Å². The van der Waals surface area contributed by atoms with E-state index in [4.69, 9.17) is 13.9 Å². The summed E-state index contributed by atoms with van der Waals surface area (Å²) in [7, 11) is -0.965. The van der Waals surface area contributed by atoms with E-state index in [1.165, 1.54) is 15.5 Å². The maximum absolute atomic E-state index is 15.2. The Bertz CT molecular complexity index is 2680. The van der Waals surface area contributed by atoms with Gasteiger partial charge in [0.2, 0.25) is 11.8 Å². The Morgan fingerprint density at radius 3 is 2.28 bits per heavy atom. The second kappa shape index (κ2) is 24.1. The summed E-state index contributed by atoms with van der Waals surface area (Å²) >= 11 is 0. The van der Waals surface area contributed by atoms with Crippen LogP contribution in [0.15, 0.2) is 54.9 Å². The van der Waals surface area contributed by atoms with Gasteiger partial charge in [-0.15, -0.1) is 0 Å². The lowest BCUT2D eigenvalue weighted by Crippen LogP contribution is -2.62. The van der Waals surface area contributed by atoms with Crippen LogP contribution >= 0.6 is 0 Å². The number of amides is 4. The van der Waals surface area contributed by atoms with Crippen LogP contribution in [0.4, 0.5) is 4.79 Å². The van der Waals surface area contributed by atoms with Gasteiger partial charge in [0.25, 0.3) is 14.2 Å². The van der Waals surface area contributed by atoms with Crippen LogP contribution in [0.1, 0.15) is 140 Å². The monoisotopic (exact) mass is 1050 g/mol. The molecular formula is C59H87N7O8Si. The van der Waals surface area contributed by atoms with Crippen LogP contribution in [-0.4, -0.2) is 108 Å². The number of benzene rings is 2. The second-order valence-electron chi connectivity index (χ2n) is 23.9. The fourth-order valence-electron chi connectivity index (χ4n) is 11.7. The van der Waals surface area contributed by atoms with E-state index in [1.807, 2.05) is 32.3 Å². The molecule has 1 saturated heterocycles. The third kappa shape index (κ3) is 13.5. The molecule has 2 aromatic carbocycles. The summed E-state index contributed by atoms with van der Waals surface area (Å²) in [5, 5.41) is 8.28.